The summed E-state index contributed by atoms with van der Waals surface area (Å²) in [5.41, 5.74) is 1.30. The standard InChI is InChI=1S/C33H44N4O5/c1-23(2)42-32(40)15-8-18-34-30(38)21-35-31(39)22-37(33(41)26-11-6-12-26)27-16-19-36(20-17-27)24(3)28-14-7-10-25-9-4-5-13-29(25)28/h4-5,7-10,13-15,23-24,26-27H,6,11-12,16-22H2,1-3H3,(H,34,38)(H,35,39)/b15-8+/t24-/m1/s1. The van der Waals surface area contributed by atoms with E-state index in [0.29, 0.717) is 0 Å². The first-order chi connectivity index (χ1) is 20.2. The number of nitrogens with one attached hydrogen (secondary N) is 2. The Morgan fingerprint density at radius 2 is 1.67 bits per heavy atom. The van der Waals surface area contributed by atoms with E-state index >= 15 is 0 Å². The molecule has 0 aromatic heterocycles. The molecule has 0 bridgehead atoms. The van der Waals surface area contributed by atoms with Gasteiger partial charge in [0, 0.05) is 43.7 Å². The number of rotatable bonds is 12. The van der Waals surface area contributed by atoms with Gasteiger partial charge in [-0.3, -0.25) is 19.3 Å². The summed E-state index contributed by atoms with van der Waals surface area (Å²) in [7, 11) is 0. The fourth-order valence-corrected chi connectivity index (χ4v) is 5.72. The van der Waals surface area contributed by atoms with Gasteiger partial charge >= 0.3 is 5.97 Å². The average Bonchev–Trinajstić information content (AvgIpc) is 2.95. The topological polar surface area (TPSA) is 108 Å². The van der Waals surface area contributed by atoms with Crippen molar-refractivity contribution < 1.29 is 23.9 Å². The quantitative estimate of drug-likeness (QED) is 0.295. The van der Waals surface area contributed by atoms with Crippen molar-refractivity contribution in [3.8, 4) is 0 Å². The number of carbonyl (C=O) groups is 4. The van der Waals surface area contributed by atoms with Crippen molar-refractivity contribution in [3.63, 3.8) is 0 Å². The Morgan fingerprint density at radius 1 is 0.952 bits per heavy atom. The molecule has 0 radical (unpaired) electrons. The average molecular weight is 577 g/mol. The normalized spacial score (nSPS) is 17.1. The third-order valence-electron chi connectivity index (χ3n) is 8.28. The lowest BCUT2D eigenvalue weighted by Crippen LogP contribution is -2.53. The molecule has 3 amide bonds. The third kappa shape index (κ3) is 8.41. The number of ether oxygens (including phenoxy) is 1. The van der Waals surface area contributed by atoms with Gasteiger partial charge < -0.3 is 20.3 Å². The van der Waals surface area contributed by atoms with Gasteiger partial charge in [0.05, 0.1) is 19.2 Å². The molecule has 226 valence electrons. The fourth-order valence-electron chi connectivity index (χ4n) is 5.72. The molecule has 2 aliphatic rings. The van der Waals surface area contributed by atoms with Gasteiger partial charge in [0.1, 0.15) is 0 Å². The van der Waals surface area contributed by atoms with E-state index in [0.717, 1.165) is 45.2 Å². The number of esters is 1. The first-order valence-corrected chi connectivity index (χ1v) is 15.2. The summed E-state index contributed by atoms with van der Waals surface area (Å²) in [5, 5.41) is 7.78. The van der Waals surface area contributed by atoms with Crippen molar-refractivity contribution in [1.82, 2.24) is 20.4 Å². The van der Waals surface area contributed by atoms with Crippen LogP contribution in [0.5, 0.6) is 0 Å². The Balaban J connectivity index is 1.28. The van der Waals surface area contributed by atoms with Crippen LogP contribution in [0, 0.1) is 5.92 Å². The zero-order chi connectivity index (χ0) is 30.1. The maximum atomic E-state index is 13.4. The first-order valence-electron chi connectivity index (χ1n) is 15.2. The minimum absolute atomic E-state index is 0.00984. The number of carbonyl (C=O) groups excluding carboxylic acids is 4. The molecule has 1 aliphatic carbocycles. The predicted molar refractivity (Wildman–Crippen MR) is 162 cm³/mol. The van der Waals surface area contributed by atoms with Gasteiger partial charge in [-0.15, -0.1) is 0 Å². The number of hydrogen-bond donors (Lipinski definition) is 2. The Hall–Kier alpha value is -3.72. The molecular weight excluding hydrogens is 532 g/mol. The number of likely N-dealkylation sites (tertiary alicyclic amines) is 1. The molecule has 42 heavy (non-hydrogen) atoms. The lowest BCUT2D eigenvalue weighted by atomic mass is 9.83. The number of benzene rings is 2. The maximum absolute atomic E-state index is 13.4. The van der Waals surface area contributed by atoms with Crippen molar-refractivity contribution in [2.75, 3.05) is 32.7 Å². The van der Waals surface area contributed by atoms with Crippen LogP contribution >= 0.6 is 0 Å². The second kappa shape index (κ2) is 15.0. The van der Waals surface area contributed by atoms with E-state index in [-0.39, 0.29) is 61.5 Å². The summed E-state index contributed by atoms with van der Waals surface area (Å²) in [6.45, 7) is 7.33. The van der Waals surface area contributed by atoms with Crippen LogP contribution in [-0.4, -0.2) is 78.4 Å². The third-order valence-corrected chi connectivity index (χ3v) is 8.28. The first kappa shape index (κ1) is 31.2. The minimum atomic E-state index is -0.474. The largest absolute Gasteiger partial charge is 0.460 e. The van der Waals surface area contributed by atoms with Crippen molar-refractivity contribution in [1.29, 1.82) is 0 Å². The molecule has 9 heteroatoms. The predicted octanol–water partition coefficient (Wildman–Crippen LogP) is 3.73. The van der Waals surface area contributed by atoms with Crippen LogP contribution in [0.4, 0.5) is 0 Å². The van der Waals surface area contributed by atoms with Crippen LogP contribution in [0.25, 0.3) is 10.8 Å². The summed E-state index contributed by atoms with van der Waals surface area (Å²) >= 11 is 0. The van der Waals surface area contributed by atoms with Crippen LogP contribution in [0.15, 0.2) is 54.6 Å². The molecule has 2 fully saturated rings. The van der Waals surface area contributed by atoms with E-state index in [1.165, 1.54) is 28.5 Å². The highest BCUT2D eigenvalue weighted by Gasteiger charge is 2.36. The number of nitrogens with zero attached hydrogens (tertiary/aromatic N) is 2. The number of amides is 3. The summed E-state index contributed by atoms with van der Waals surface area (Å²) in [4.78, 5) is 54.2. The lowest BCUT2D eigenvalue weighted by molar-refractivity contribution is -0.145. The zero-order valence-corrected chi connectivity index (χ0v) is 25.0. The number of hydrogen-bond acceptors (Lipinski definition) is 6. The molecule has 1 heterocycles. The van der Waals surface area contributed by atoms with Gasteiger partial charge in [0.15, 0.2) is 0 Å². The van der Waals surface area contributed by atoms with Crippen LogP contribution in [0.1, 0.15) is 64.5 Å². The fraction of sp³-hybridized carbons (Fsp3) is 0.515. The maximum Gasteiger partial charge on any atom is 0.330 e. The summed E-state index contributed by atoms with van der Waals surface area (Å²) in [5.74, 6) is -1.15. The highest BCUT2D eigenvalue weighted by Crippen LogP contribution is 2.33. The van der Waals surface area contributed by atoms with E-state index in [2.05, 4.69) is 64.9 Å². The zero-order valence-electron chi connectivity index (χ0n) is 25.0. The Morgan fingerprint density at radius 3 is 2.36 bits per heavy atom. The van der Waals surface area contributed by atoms with Crippen LogP contribution in [0.2, 0.25) is 0 Å². The molecular formula is C33H44N4O5. The van der Waals surface area contributed by atoms with Crippen molar-refractivity contribution in [3.05, 3.63) is 60.2 Å². The second-order valence-electron chi connectivity index (χ2n) is 11.6. The highest BCUT2D eigenvalue weighted by molar-refractivity contribution is 5.89. The van der Waals surface area contributed by atoms with Crippen LogP contribution in [0.3, 0.4) is 0 Å². The molecule has 2 N–H and O–H groups in total. The van der Waals surface area contributed by atoms with Gasteiger partial charge in [0.2, 0.25) is 17.7 Å². The molecule has 0 unspecified atom stereocenters. The van der Waals surface area contributed by atoms with Gasteiger partial charge in [-0.25, -0.2) is 4.79 Å². The van der Waals surface area contributed by atoms with E-state index < -0.39 is 5.97 Å². The number of fused-ring (bicyclic) bond motifs is 1. The van der Waals surface area contributed by atoms with Gasteiger partial charge in [-0.2, -0.15) is 0 Å². The molecule has 1 atom stereocenters. The molecule has 1 aliphatic heterocycles. The van der Waals surface area contributed by atoms with Crippen LogP contribution < -0.4 is 10.6 Å². The molecule has 1 saturated carbocycles. The molecule has 0 spiro atoms. The minimum Gasteiger partial charge on any atom is -0.460 e. The number of piperidine rings is 1. The van der Waals surface area contributed by atoms with E-state index in [9.17, 15) is 19.2 Å². The lowest BCUT2D eigenvalue weighted by Gasteiger charge is -2.42. The molecule has 4 rings (SSSR count). The second-order valence-corrected chi connectivity index (χ2v) is 11.6. The van der Waals surface area contributed by atoms with Gasteiger partial charge in [-0.05, 0) is 62.8 Å². The highest BCUT2D eigenvalue weighted by atomic mass is 16.5. The van der Waals surface area contributed by atoms with E-state index in [4.69, 9.17) is 4.74 Å². The molecule has 2 aromatic rings. The van der Waals surface area contributed by atoms with Crippen molar-refractivity contribution in [2.24, 2.45) is 5.92 Å². The summed E-state index contributed by atoms with van der Waals surface area (Å²) in [6.07, 6.45) is 6.92. The summed E-state index contributed by atoms with van der Waals surface area (Å²) < 4.78 is 4.99. The molecule has 1 saturated heterocycles. The van der Waals surface area contributed by atoms with Gasteiger partial charge in [0.25, 0.3) is 0 Å². The smallest absolute Gasteiger partial charge is 0.330 e. The Labute approximate surface area is 248 Å². The van der Waals surface area contributed by atoms with Crippen molar-refractivity contribution >= 4 is 34.5 Å². The Bertz CT molecular complexity index is 1270. The van der Waals surface area contributed by atoms with Gasteiger partial charge in [-0.1, -0.05) is 55.0 Å². The van der Waals surface area contributed by atoms with E-state index in [1.54, 1.807) is 18.7 Å². The Kier molecular flexibility index (Phi) is 11.1. The molecule has 2 aromatic carbocycles. The monoisotopic (exact) mass is 576 g/mol. The summed E-state index contributed by atoms with van der Waals surface area (Å²) in [6, 6.07) is 15.1. The SMILES string of the molecule is CC(C)OC(=O)/C=C/CNC(=O)CNC(=O)CN(C(=O)C1CCC1)C1CCN([C@H](C)c2cccc3ccccc23)CC1. The van der Waals surface area contributed by atoms with Crippen LogP contribution in [-0.2, 0) is 23.9 Å². The van der Waals surface area contributed by atoms with Crippen molar-refractivity contribution in [2.45, 2.75) is 71.1 Å². The van der Waals surface area contributed by atoms with E-state index in [1.807, 2.05) is 0 Å². The molecule has 9 nitrogen and oxygen atoms in total.